The quantitative estimate of drug-likeness (QED) is 0.895. The van der Waals surface area contributed by atoms with Crippen LogP contribution >= 0.6 is 11.8 Å². The minimum atomic E-state index is 0.287. The fourth-order valence-electron chi connectivity index (χ4n) is 1.73. The van der Waals surface area contributed by atoms with Crippen LogP contribution in [0.4, 0.5) is 0 Å². The third kappa shape index (κ3) is 3.22. The summed E-state index contributed by atoms with van der Waals surface area (Å²) in [6.07, 6.45) is 3.65. The van der Waals surface area contributed by atoms with Crippen LogP contribution in [0, 0.1) is 5.92 Å². The molecule has 1 aromatic rings. The van der Waals surface area contributed by atoms with E-state index in [2.05, 4.69) is 31.1 Å². The first-order valence-corrected chi connectivity index (χ1v) is 7.02. The molecule has 92 valence electrons. The van der Waals surface area contributed by atoms with Crippen LogP contribution in [0.15, 0.2) is 29.5 Å². The van der Waals surface area contributed by atoms with E-state index in [1.54, 1.807) is 0 Å². The van der Waals surface area contributed by atoms with Gasteiger partial charge >= 0.3 is 0 Å². The summed E-state index contributed by atoms with van der Waals surface area (Å²) in [6, 6.07) is 4.83. The molecule has 0 radical (unpaired) electrons. The van der Waals surface area contributed by atoms with Gasteiger partial charge in [-0.15, -0.1) is 0 Å². The Bertz CT molecular complexity index is 389. The van der Waals surface area contributed by atoms with Crippen molar-refractivity contribution in [2.24, 2.45) is 10.9 Å². The maximum Gasteiger partial charge on any atom is 0.157 e. The summed E-state index contributed by atoms with van der Waals surface area (Å²) in [5.41, 5.74) is 1.25. The van der Waals surface area contributed by atoms with Gasteiger partial charge in [-0.25, -0.2) is 0 Å². The number of aromatic nitrogens is 1. The highest BCUT2D eigenvalue weighted by molar-refractivity contribution is 8.14. The average Bonchev–Trinajstić information content (AvgIpc) is 2.79. The minimum absolute atomic E-state index is 0.287. The highest BCUT2D eigenvalue weighted by atomic mass is 32.2. The first-order valence-electron chi connectivity index (χ1n) is 6.04. The summed E-state index contributed by atoms with van der Waals surface area (Å²) >= 11 is 1.83. The molecule has 0 saturated heterocycles. The van der Waals surface area contributed by atoms with Crippen LogP contribution in [0.25, 0.3) is 0 Å². The second-order valence-electron chi connectivity index (χ2n) is 4.70. The molecule has 1 aliphatic heterocycles. The van der Waals surface area contributed by atoms with Crippen molar-refractivity contribution in [2.75, 3.05) is 5.75 Å². The number of nitrogens with one attached hydrogen (secondary N) is 1. The zero-order chi connectivity index (χ0) is 12.3. The Morgan fingerprint density at radius 2 is 2.00 bits per heavy atom. The summed E-state index contributed by atoms with van der Waals surface area (Å²) in [7, 11) is 0. The van der Waals surface area contributed by atoms with Crippen molar-refractivity contribution in [1.29, 1.82) is 0 Å². The van der Waals surface area contributed by atoms with E-state index in [0.29, 0.717) is 12.0 Å². The van der Waals surface area contributed by atoms with Crippen molar-refractivity contribution >= 4 is 16.9 Å². The lowest BCUT2D eigenvalue weighted by Gasteiger charge is -2.14. The predicted molar refractivity (Wildman–Crippen MR) is 74.3 cm³/mol. The Labute approximate surface area is 107 Å². The maximum absolute atomic E-state index is 4.71. The molecule has 0 bridgehead atoms. The van der Waals surface area contributed by atoms with Crippen LogP contribution in [-0.4, -0.2) is 21.9 Å². The number of nitrogens with zero attached hydrogens (tertiary/aromatic N) is 2. The lowest BCUT2D eigenvalue weighted by molar-refractivity contribution is 0.541. The third-order valence-electron chi connectivity index (χ3n) is 2.99. The van der Waals surface area contributed by atoms with E-state index in [9.17, 15) is 0 Å². The number of thioether (sulfide) groups is 1. The molecule has 1 aromatic heterocycles. The van der Waals surface area contributed by atoms with E-state index in [1.807, 2.05) is 36.3 Å². The number of hydrogen-bond donors (Lipinski definition) is 1. The predicted octanol–water partition coefficient (Wildman–Crippen LogP) is 2.86. The molecule has 1 N–H and O–H groups in total. The second kappa shape index (κ2) is 5.54. The lowest BCUT2D eigenvalue weighted by Crippen LogP contribution is -2.23. The van der Waals surface area contributed by atoms with Gasteiger partial charge in [0.15, 0.2) is 5.17 Å². The number of amidine groups is 1. The standard InChI is InChI=1S/C13H19N3S/c1-9(2)12-8-17-13(16-12)15-10(3)11-4-6-14-7-5-11/h4-7,9-10,12H,8H2,1-3H3,(H,15,16)/t10?,12-/m1/s1. The van der Waals surface area contributed by atoms with Gasteiger partial charge in [-0.1, -0.05) is 25.6 Å². The number of rotatable bonds is 3. The Morgan fingerprint density at radius 1 is 1.29 bits per heavy atom. The van der Waals surface area contributed by atoms with E-state index in [1.165, 1.54) is 5.56 Å². The SMILES string of the molecule is CC(NC1=N[C@@H](C(C)C)CS1)c1ccncc1. The number of hydrogen-bond acceptors (Lipinski definition) is 4. The van der Waals surface area contributed by atoms with Crippen LogP contribution in [0.1, 0.15) is 32.4 Å². The fourth-order valence-corrected chi connectivity index (χ4v) is 2.99. The van der Waals surface area contributed by atoms with Gasteiger partial charge in [0, 0.05) is 18.1 Å². The van der Waals surface area contributed by atoms with Crippen LogP contribution < -0.4 is 5.32 Å². The molecule has 0 aromatic carbocycles. The van der Waals surface area contributed by atoms with Crippen molar-refractivity contribution < 1.29 is 0 Å². The molecule has 17 heavy (non-hydrogen) atoms. The van der Waals surface area contributed by atoms with E-state index in [-0.39, 0.29) is 6.04 Å². The van der Waals surface area contributed by atoms with Gasteiger partial charge < -0.3 is 5.32 Å². The molecule has 2 atom stereocenters. The molecule has 0 amide bonds. The van der Waals surface area contributed by atoms with Crippen molar-refractivity contribution in [3.63, 3.8) is 0 Å². The Kier molecular flexibility index (Phi) is 4.05. The molecule has 1 unspecified atom stereocenters. The molecule has 0 aliphatic carbocycles. The number of aliphatic imine (C=N–C) groups is 1. The molecule has 0 fully saturated rings. The van der Waals surface area contributed by atoms with E-state index in [0.717, 1.165) is 10.9 Å². The topological polar surface area (TPSA) is 37.3 Å². The maximum atomic E-state index is 4.71. The van der Waals surface area contributed by atoms with Crippen LogP contribution in [0.3, 0.4) is 0 Å². The van der Waals surface area contributed by atoms with Crippen molar-refractivity contribution in [2.45, 2.75) is 32.9 Å². The Hall–Kier alpha value is -1.03. The molecule has 0 spiro atoms. The summed E-state index contributed by atoms with van der Waals surface area (Å²) in [4.78, 5) is 8.74. The highest BCUT2D eigenvalue weighted by Gasteiger charge is 2.22. The van der Waals surface area contributed by atoms with Gasteiger partial charge in [0.05, 0.1) is 12.1 Å². The largest absolute Gasteiger partial charge is 0.358 e. The van der Waals surface area contributed by atoms with Crippen molar-refractivity contribution in [3.05, 3.63) is 30.1 Å². The van der Waals surface area contributed by atoms with Gasteiger partial charge in [0.1, 0.15) is 0 Å². The van der Waals surface area contributed by atoms with E-state index in [4.69, 9.17) is 4.99 Å². The van der Waals surface area contributed by atoms with Gasteiger partial charge in [-0.2, -0.15) is 0 Å². The molecular formula is C13H19N3S. The summed E-state index contributed by atoms with van der Waals surface area (Å²) in [5.74, 6) is 1.72. The molecule has 3 nitrogen and oxygen atoms in total. The van der Waals surface area contributed by atoms with Gasteiger partial charge in [0.25, 0.3) is 0 Å². The average molecular weight is 249 g/mol. The van der Waals surface area contributed by atoms with Crippen LogP contribution in [0.5, 0.6) is 0 Å². The van der Waals surface area contributed by atoms with Gasteiger partial charge in [-0.05, 0) is 30.5 Å². The zero-order valence-electron chi connectivity index (χ0n) is 10.6. The second-order valence-corrected chi connectivity index (χ2v) is 5.71. The highest BCUT2D eigenvalue weighted by Crippen LogP contribution is 2.23. The Morgan fingerprint density at radius 3 is 2.59 bits per heavy atom. The molecule has 1 aliphatic rings. The molecule has 4 heteroatoms. The first-order chi connectivity index (χ1) is 8.16. The smallest absolute Gasteiger partial charge is 0.157 e. The first kappa shape index (κ1) is 12.4. The van der Waals surface area contributed by atoms with Crippen molar-refractivity contribution in [1.82, 2.24) is 10.3 Å². The van der Waals surface area contributed by atoms with Crippen LogP contribution in [0.2, 0.25) is 0 Å². The summed E-state index contributed by atoms with van der Waals surface area (Å²) in [5, 5.41) is 4.54. The van der Waals surface area contributed by atoms with E-state index >= 15 is 0 Å². The minimum Gasteiger partial charge on any atom is -0.358 e. The molecule has 0 saturated carbocycles. The number of pyridine rings is 1. The van der Waals surface area contributed by atoms with Crippen molar-refractivity contribution in [3.8, 4) is 0 Å². The Balaban J connectivity index is 1.96. The third-order valence-corrected chi connectivity index (χ3v) is 3.99. The normalized spacial score (nSPS) is 21.4. The summed E-state index contributed by atoms with van der Waals surface area (Å²) in [6.45, 7) is 6.61. The monoisotopic (exact) mass is 249 g/mol. The van der Waals surface area contributed by atoms with Gasteiger partial charge in [-0.3, -0.25) is 9.98 Å². The zero-order valence-corrected chi connectivity index (χ0v) is 11.4. The molecule has 2 heterocycles. The van der Waals surface area contributed by atoms with Gasteiger partial charge in [0.2, 0.25) is 0 Å². The fraction of sp³-hybridized carbons (Fsp3) is 0.538. The lowest BCUT2D eigenvalue weighted by atomic mass is 10.1. The van der Waals surface area contributed by atoms with Crippen LogP contribution in [-0.2, 0) is 0 Å². The molecule has 2 rings (SSSR count). The molecular weight excluding hydrogens is 230 g/mol. The summed E-state index contributed by atoms with van der Waals surface area (Å²) < 4.78 is 0. The van der Waals surface area contributed by atoms with E-state index < -0.39 is 0 Å².